The van der Waals surface area contributed by atoms with Gasteiger partial charge in [0.2, 0.25) is 0 Å². The second-order valence-electron chi connectivity index (χ2n) is 4.77. The lowest BCUT2D eigenvalue weighted by Crippen LogP contribution is -2.26. The Hall–Kier alpha value is -0.510. The van der Waals surface area contributed by atoms with E-state index in [4.69, 9.17) is 5.26 Å². The molecule has 1 rings (SSSR count). The number of rotatable bonds is 3. The Labute approximate surface area is 82.1 Å². The van der Waals surface area contributed by atoms with Crippen molar-refractivity contribution in [1.82, 2.24) is 0 Å². The van der Waals surface area contributed by atoms with Gasteiger partial charge >= 0.3 is 0 Å². The SMILES string of the molecule is CCCC1(CC#N)CCC(C)CC1. The number of nitriles is 1. The van der Waals surface area contributed by atoms with Crippen molar-refractivity contribution in [2.75, 3.05) is 0 Å². The summed E-state index contributed by atoms with van der Waals surface area (Å²) in [6, 6.07) is 2.38. The molecule has 0 aromatic rings. The fourth-order valence-electron chi connectivity index (χ4n) is 2.59. The molecule has 0 radical (unpaired) electrons. The Morgan fingerprint density at radius 1 is 1.38 bits per heavy atom. The van der Waals surface area contributed by atoms with E-state index in [1.807, 2.05) is 0 Å². The van der Waals surface area contributed by atoms with Gasteiger partial charge in [-0.2, -0.15) is 5.26 Å². The maximum atomic E-state index is 8.83. The summed E-state index contributed by atoms with van der Waals surface area (Å²) >= 11 is 0. The number of nitrogens with zero attached hydrogens (tertiary/aromatic N) is 1. The van der Waals surface area contributed by atoms with Gasteiger partial charge in [-0.3, -0.25) is 0 Å². The predicted octanol–water partition coefficient (Wildman–Crippen LogP) is 3.90. The van der Waals surface area contributed by atoms with Crippen LogP contribution in [0.25, 0.3) is 0 Å². The van der Waals surface area contributed by atoms with Crippen LogP contribution >= 0.6 is 0 Å². The lowest BCUT2D eigenvalue weighted by atomic mass is 9.67. The molecule has 1 heteroatoms. The summed E-state index contributed by atoms with van der Waals surface area (Å²) in [6.45, 7) is 4.57. The van der Waals surface area contributed by atoms with Crippen LogP contribution in [0.3, 0.4) is 0 Å². The first-order valence-corrected chi connectivity index (χ1v) is 5.59. The standard InChI is InChI=1S/C12H21N/c1-3-6-12(9-10-13)7-4-11(2)5-8-12/h11H,3-9H2,1-2H3. The van der Waals surface area contributed by atoms with Crippen LogP contribution in [0.2, 0.25) is 0 Å². The maximum Gasteiger partial charge on any atom is 0.0627 e. The van der Waals surface area contributed by atoms with E-state index in [1.165, 1.54) is 38.5 Å². The van der Waals surface area contributed by atoms with Gasteiger partial charge in [0.05, 0.1) is 6.07 Å². The normalized spacial score (nSPS) is 34.1. The topological polar surface area (TPSA) is 23.8 Å². The Morgan fingerprint density at radius 2 is 2.00 bits per heavy atom. The van der Waals surface area contributed by atoms with Crippen molar-refractivity contribution >= 4 is 0 Å². The average Bonchev–Trinajstić information content (AvgIpc) is 2.11. The predicted molar refractivity (Wildman–Crippen MR) is 55.2 cm³/mol. The summed E-state index contributed by atoms with van der Waals surface area (Å²) in [5, 5.41) is 8.83. The lowest BCUT2D eigenvalue weighted by Gasteiger charge is -2.37. The molecule has 1 fully saturated rings. The van der Waals surface area contributed by atoms with Crippen LogP contribution in [0, 0.1) is 22.7 Å². The molecule has 0 spiro atoms. The third-order valence-corrected chi connectivity index (χ3v) is 3.57. The molecule has 1 aliphatic rings. The minimum atomic E-state index is 0.399. The third kappa shape index (κ3) is 2.72. The fraction of sp³-hybridized carbons (Fsp3) is 0.917. The smallest absolute Gasteiger partial charge is 0.0627 e. The largest absolute Gasteiger partial charge is 0.198 e. The molecule has 74 valence electrons. The molecule has 0 heterocycles. The van der Waals surface area contributed by atoms with Crippen LogP contribution in [0.15, 0.2) is 0 Å². The minimum Gasteiger partial charge on any atom is -0.198 e. The molecular formula is C12H21N. The first-order valence-electron chi connectivity index (χ1n) is 5.59. The second kappa shape index (κ2) is 4.65. The van der Waals surface area contributed by atoms with E-state index in [2.05, 4.69) is 19.9 Å². The van der Waals surface area contributed by atoms with Crippen molar-refractivity contribution in [3.63, 3.8) is 0 Å². The summed E-state index contributed by atoms with van der Waals surface area (Å²) in [6.07, 6.45) is 8.52. The van der Waals surface area contributed by atoms with E-state index in [1.54, 1.807) is 0 Å². The third-order valence-electron chi connectivity index (χ3n) is 3.57. The molecule has 1 nitrogen and oxygen atoms in total. The van der Waals surface area contributed by atoms with Crippen LogP contribution in [0.1, 0.15) is 58.8 Å². The second-order valence-corrected chi connectivity index (χ2v) is 4.77. The number of hydrogen-bond donors (Lipinski definition) is 0. The Kier molecular flexibility index (Phi) is 3.78. The van der Waals surface area contributed by atoms with E-state index >= 15 is 0 Å². The molecule has 0 N–H and O–H groups in total. The Morgan fingerprint density at radius 3 is 2.46 bits per heavy atom. The highest BCUT2D eigenvalue weighted by molar-refractivity contribution is 4.91. The summed E-state index contributed by atoms with van der Waals surface area (Å²) in [5.74, 6) is 0.892. The summed E-state index contributed by atoms with van der Waals surface area (Å²) in [7, 11) is 0. The highest BCUT2D eigenvalue weighted by atomic mass is 14.4. The van der Waals surface area contributed by atoms with Crippen LogP contribution in [-0.4, -0.2) is 0 Å². The van der Waals surface area contributed by atoms with Gasteiger partial charge in [0.1, 0.15) is 0 Å². The lowest BCUT2D eigenvalue weighted by molar-refractivity contribution is 0.145. The van der Waals surface area contributed by atoms with Crippen LogP contribution in [-0.2, 0) is 0 Å². The quantitative estimate of drug-likeness (QED) is 0.644. The van der Waals surface area contributed by atoms with E-state index in [0.717, 1.165) is 12.3 Å². The zero-order valence-electron chi connectivity index (χ0n) is 8.97. The molecule has 0 amide bonds. The highest BCUT2D eigenvalue weighted by Gasteiger charge is 2.32. The molecule has 0 saturated heterocycles. The molecule has 0 bridgehead atoms. The van der Waals surface area contributed by atoms with E-state index in [-0.39, 0.29) is 0 Å². The zero-order chi connectivity index (χ0) is 9.73. The van der Waals surface area contributed by atoms with Gasteiger partial charge in [-0.15, -0.1) is 0 Å². The molecule has 0 aliphatic heterocycles. The van der Waals surface area contributed by atoms with Crippen LogP contribution < -0.4 is 0 Å². The van der Waals surface area contributed by atoms with Crippen molar-refractivity contribution in [1.29, 1.82) is 5.26 Å². The molecule has 0 aromatic carbocycles. The fourth-order valence-corrected chi connectivity index (χ4v) is 2.59. The van der Waals surface area contributed by atoms with Crippen molar-refractivity contribution in [3.8, 4) is 6.07 Å². The molecule has 1 saturated carbocycles. The summed E-state index contributed by atoms with van der Waals surface area (Å²) < 4.78 is 0. The first-order chi connectivity index (χ1) is 6.22. The maximum absolute atomic E-state index is 8.83. The van der Waals surface area contributed by atoms with Gasteiger partial charge in [-0.25, -0.2) is 0 Å². The van der Waals surface area contributed by atoms with Gasteiger partial charge in [-0.1, -0.05) is 33.1 Å². The van der Waals surface area contributed by atoms with Gasteiger partial charge < -0.3 is 0 Å². The van der Waals surface area contributed by atoms with Crippen molar-refractivity contribution < 1.29 is 0 Å². The summed E-state index contributed by atoms with van der Waals surface area (Å²) in [4.78, 5) is 0. The molecule has 0 unspecified atom stereocenters. The first kappa shape index (κ1) is 10.6. The molecule has 13 heavy (non-hydrogen) atoms. The van der Waals surface area contributed by atoms with E-state index in [0.29, 0.717) is 5.41 Å². The highest BCUT2D eigenvalue weighted by Crippen LogP contribution is 2.44. The van der Waals surface area contributed by atoms with Gasteiger partial charge in [0, 0.05) is 6.42 Å². The van der Waals surface area contributed by atoms with E-state index < -0.39 is 0 Å². The zero-order valence-corrected chi connectivity index (χ0v) is 8.97. The molecule has 1 aliphatic carbocycles. The molecule has 0 atom stereocenters. The van der Waals surface area contributed by atoms with Crippen molar-refractivity contribution in [2.24, 2.45) is 11.3 Å². The monoisotopic (exact) mass is 179 g/mol. The van der Waals surface area contributed by atoms with Gasteiger partial charge in [-0.05, 0) is 30.6 Å². The average molecular weight is 179 g/mol. The number of hydrogen-bond acceptors (Lipinski definition) is 1. The van der Waals surface area contributed by atoms with Gasteiger partial charge in [0.25, 0.3) is 0 Å². The van der Waals surface area contributed by atoms with E-state index in [9.17, 15) is 0 Å². The molecular weight excluding hydrogens is 158 g/mol. The summed E-state index contributed by atoms with van der Waals surface area (Å²) in [5.41, 5.74) is 0.399. The van der Waals surface area contributed by atoms with Crippen LogP contribution in [0.4, 0.5) is 0 Å². The Balaban J connectivity index is 2.53. The van der Waals surface area contributed by atoms with Crippen molar-refractivity contribution in [3.05, 3.63) is 0 Å². The Bertz CT molecular complexity index is 182. The molecule has 0 aromatic heterocycles. The van der Waals surface area contributed by atoms with Gasteiger partial charge in [0.15, 0.2) is 0 Å². The van der Waals surface area contributed by atoms with Crippen LogP contribution in [0.5, 0.6) is 0 Å². The minimum absolute atomic E-state index is 0.399. The van der Waals surface area contributed by atoms with Crippen molar-refractivity contribution in [2.45, 2.75) is 58.8 Å².